The van der Waals surface area contributed by atoms with Crippen molar-refractivity contribution in [3.63, 3.8) is 0 Å². The van der Waals surface area contributed by atoms with Crippen LogP contribution in [0.1, 0.15) is 19.8 Å². The predicted molar refractivity (Wildman–Crippen MR) is 75.4 cm³/mol. The lowest BCUT2D eigenvalue weighted by atomic mass is 9.98. The van der Waals surface area contributed by atoms with Crippen molar-refractivity contribution < 1.29 is 0 Å². The third-order valence-corrected chi connectivity index (χ3v) is 3.80. The Kier molecular flexibility index (Phi) is 4.18. The van der Waals surface area contributed by atoms with Crippen LogP contribution in [0.5, 0.6) is 0 Å². The summed E-state index contributed by atoms with van der Waals surface area (Å²) >= 11 is 4.09. The Morgan fingerprint density at radius 1 is 1.53 bits per heavy atom. The lowest BCUT2D eigenvalue weighted by Gasteiger charge is -2.37. The first kappa shape index (κ1) is 12.6. The maximum absolute atomic E-state index is 5.86. The summed E-state index contributed by atoms with van der Waals surface area (Å²) in [4.78, 5) is 2.47. The molecule has 2 heterocycles. The van der Waals surface area contributed by atoms with Gasteiger partial charge in [0.2, 0.25) is 0 Å². The van der Waals surface area contributed by atoms with Crippen LogP contribution in [0.25, 0.3) is 0 Å². The summed E-state index contributed by atoms with van der Waals surface area (Å²) in [5, 5.41) is 5.08. The van der Waals surface area contributed by atoms with Gasteiger partial charge in [-0.3, -0.25) is 4.90 Å². The second-order valence-electron chi connectivity index (χ2n) is 4.86. The van der Waals surface area contributed by atoms with E-state index in [1.54, 1.807) is 5.41 Å². The first-order valence-corrected chi connectivity index (χ1v) is 6.71. The molecule has 1 fully saturated rings. The van der Waals surface area contributed by atoms with E-state index in [1.165, 1.54) is 12.8 Å². The van der Waals surface area contributed by atoms with Crippen molar-refractivity contribution in [2.24, 2.45) is 11.7 Å². The zero-order chi connectivity index (χ0) is 12.3. The van der Waals surface area contributed by atoms with Crippen LogP contribution < -0.4 is 11.1 Å². The fourth-order valence-electron chi connectivity index (χ4n) is 2.28. The van der Waals surface area contributed by atoms with Crippen molar-refractivity contribution in [3.05, 3.63) is 35.0 Å². The number of thiol groups is 1. The van der Waals surface area contributed by atoms with Gasteiger partial charge >= 0.3 is 0 Å². The van der Waals surface area contributed by atoms with Crippen molar-refractivity contribution in [2.75, 3.05) is 13.1 Å². The Labute approximate surface area is 109 Å². The van der Waals surface area contributed by atoms with E-state index >= 15 is 0 Å². The van der Waals surface area contributed by atoms with Crippen molar-refractivity contribution in [1.29, 1.82) is 0 Å². The van der Waals surface area contributed by atoms with Gasteiger partial charge in [0.25, 0.3) is 0 Å². The van der Waals surface area contributed by atoms with Gasteiger partial charge in [0.1, 0.15) is 0 Å². The lowest BCUT2D eigenvalue weighted by molar-refractivity contribution is 0.147. The first-order chi connectivity index (χ1) is 8.20. The normalized spacial score (nSPS) is 27.8. The number of nitrogens with zero attached hydrogens (tertiary/aromatic N) is 1. The van der Waals surface area contributed by atoms with Gasteiger partial charge in [-0.25, -0.2) is 0 Å². The molecule has 4 heteroatoms. The highest BCUT2D eigenvalue weighted by Gasteiger charge is 2.23. The van der Waals surface area contributed by atoms with Crippen molar-refractivity contribution in [2.45, 2.75) is 25.9 Å². The zero-order valence-electron chi connectivity index (χ0n) is 10.3. The summed E-state index contributed by atoms with van der Waals surface area (Å²) in [5.74, 6) is 0.858. The average Bonchev–Trinajstić information content (AvgIpc) is 2.39. The largest absolute Gasteiger partial charge is 0.397 e. The van der Waals surface area contributed by atoms with Crippen LogP contribution in [0.4, 0.5) is 0 Å². The highest BCUT2D eigenvalue weighted by Crippen LogP contribution is 2.20. The van der Waals surface area contributed by atoms with E-state index in [-0.39, 0.29) is 6.17 Å². The molecule has 0 aromatic carbocycles. The zero-order valence-corrected chi connectivity index (χ0v) is 11.2. The molecule has 0 amide bonds. The van der Waals surface area contributed by atoms with Gasteiger partial charge in [-0.05, 0) is 36.3 Å². The van der Waals surface area contributed by atoms with E-state index < -0.39 is 0 Å². The van der Waals surface area contributed by atoms with Gasteiger partial charge in [0, 0.05) is 13.1 Å². The second-order valence-corrected chi connectivity index (χ2v) is 5.12. The number of nitrogens with one attached hydrogen (secondary N) is 1. The molecule has 0 radical (unpaired) electrons. The molecule has 2 aliphatic heterocycles. The molecule has 94 valence electrons. The van der Waals surface area contributed by atoms with Crippen LogP contribution in [0, 0.1) is 5.92 Å². The number of hydrogen-bond donors (Lipinski definition) is 3. The van der Waals surface area contributed by atoms with Crippen LogP contribution >= 0.6 is 12.6 Å². The number of likely N-dealkylation sites (tertiary alicyclic amines) is 1. The molecular weight excluding hydrogens is 230 g/mol. The molecule has 0 spiro atoms. The summed E-state index contributed by atoms with van der Waals surface area (Å²) in [6, 6.07) is 0. The predicted octanol–water partition coefficient (Wildman–Crippen LogP) is 1.82. The minimum Gasteiger partial charge on any atom is -0.397 e. The second kappa shape index (κ2) is 5.65. The van der Waals surface area contributed by atoms with Gasteiger partial charge in [0.05, 0.1) is 17.6 Å². The Morgan fingerprint density at radius 3 is 2.88 bits per heavy atom. The summed E-state index contributed by atoms with van der Waals surface area (Å²) < 4.78 is 0. The third kappa shape index (κ3) is 3.07. The van der Waals surface area contributed by atoms with Crippen LogP contribution in [0.3, 0.4) is 0 Å². The van der Waals surface area contributed by atoms with Gasteiger partial charge in [-0.2, -0.15) is 0 Å². The van der Waals surface area contributed by atoms with Crippen LogP contribution in [-0.4, -0.2) is 24.2 Å². The van der Waals surface area contributed by atoms with Crippen molar-refractivity contribution in [3.8, 4) is 0 Å². The molecule has 1 atom stereocenters. The highest BCUT2D eigenvalue weighted by atomic mass is 32.1. The number of allylic oxidation sites excluding steroid dienone is 2. The third-order valence-electron chi connectivity index (χ3n) is 3.52. The number of piperidine rings is 1. The molecular formula is C13H21N3S. The number of hydrogen-bond acceptors (Lipinski definition) is 4. The van der Waals surface area contributed by atoms with E-state index in [0.29, 0.717) is 5.70 Å². The number of nitrogens with two attached hydrogens (primary N) is 1. The summed E-state index contributed by atoms with van der Waals surface area (Å²) in [6.45, 7) is 4.64. The monoisotopic (exact) mass is 251 g/mol. The van der Waals surface area contributed by atoms with Gasteiger partial charge in [-0.1, -0.05) is 13.0 Å². The maximum Gasteiger partial charge on any atom is 0.0989 e. The fraction of sp³-hybridized carbons (Fsp3) is 0.538. The standard InChI is InChI=1S/C13H21N3S/c1-10-5-7-16(8-6-10)13-4-2-3-12(15-13)11(14)9-17/h2-4,9-10,13,15,17H,5-8,14H2,1H3/b11-9-. The Morgan fingerprint density at radius 2 is 2.24 bits per heavy atom. The van der Waals surface area contributed by atoms with E-state index in [0.717, 1.165) is 24.7 Å². The van der Waals surface area contributed by atoms with Gasteiger partial charge < -0.3 is 11.1 Å². The molecule has 0 aromatic rings. The highest BCUT2D eigenvalue weighted by molar-refractivity contribution is 7.83. The number of rotatable bonds is 2. The SMILES string of the molecule is CC1CCN(C2C=CC=C(/C(N)=C/S)N2)CC1. The summed E-state index contributed by atoms with van der Waals surface area (Å²) in [7, 11) is 0. The maximum atomic E-state index is 5.86. The quantitative estimate of drug-likeness (QED) is 0.656. The summed E-state index contributed by atoms with van der Waals surface area (Å²) in [6.07, 6.45) is 9.08. The molecule has 1 unspecified atom stereocenters. The molecule has 0 aromatic heterocycles. The summed E-state index contributed by atoms with van der Waals surface area (Å²) in [5.41, 5.74) is 7.52. The van der Waals surface area contributed by atoms with E-state index in [1.807, 2.05) is 6.08 Å². The van der Waals surface area contributed by atoms with Gasteiger partial charge in [0.15, 0.2) is 0 Å². The van der Waals surface area contributed by atoms with Crippen LogP contribution in [-0.2, 0) is 0 Å². The van der Waals surface area contributed by atoms with Crippen LogP contribution in [0.15, 0.2) is 35.0 Å². The molecule has 2 aliphatic rings. The molecule has 0 bridgehead atoms. The molecule has 0 aliphatic carbocycles. The molecule has 1 saturated heterocycles. The van der Waals surface area contributed by atoms with E-state index in [9.17, 15) is 0 Å². The fourth-order valence-corrected chi connectivity index (χ4v) is 2.42. The van der Waals surface area contributed by atoms with Crippen molar-refractivity contribution in [1.82, 2.24) is 10.2 Å². The van der Waals surface area contributed by atoms with Crippen molar-refractivity contribution >= 4 is 12.6 Å². The average molecular weight is 251 g/mol. The molecule has 2 rings (SSSR count). The molecule has 3 N–H and O–H groups in total. The Hall–Kier alpha value is -0.870. The lowest BCUT2D eigenvalue weighted by Crippen LogP contribution is -2.48. The van der Waals surface area contributed by atoms with Gasteiger partial charge in [-0.15, -0.1) is 12.6 Å². The molecule has 17 heavy (non-hydrogen) atoms. The van der Waals surface area contributed by atoms with E-state index in [4.69, 9.17) is 5.73 Å². The Balaban J connectivity index is 1.97. The Bertz CT molecular complexity index is 352. The topological polar surface area (TPSA) is 41.3 Å². The van der Waals surface area contributed by atoms with E-state index in [2.05, 4.69) is 41.9 Å². The minimum absolute atomic E-state index is 0.273. The first-order valence-electron chi connectivity index (χ1n) is 6.20. The van der Waals surface area contributed by atoms with Crippen LogP contribution in [0.2, 0.25) is 0 Å². The molecule has 0 saturated carbocycles. The number of dihydropyridines is 1. The minimum atomic E-state index is 0.273. The smallest absolute Gasteiger partial charge is 0.0989 e. The molecule has 3 nitrogen and oxygen atoms in total.